The summed E-state index contributed by atoms with van der Waals surface area (Å²) >= 11 is 12.1. The second-order valence-corrected chi connectivity index (χ2v) is 6.99. The van der Waals surface area contributed by atoms with Gasteiger partial charge in [0.2, 0.25) is 5.91 Å². The third-order valence-corrected chi connectivity index (χ3v) is 5.22. The predicted molar refractivity (Wildman–Crippen MR) is 119 cm³/mol. The lowest BCUT2D eigenvalue weighted by Crippen LogP contribution is -2.39. The van der Waals surface area contributed by atoms with Crippen LogP contribution in [-0.2, 0) is 18.4 Å². The van der Waals surface area contributed by atoms with E-state index in [1.165, 1.54) is 6.42 Å². The van der Waals surface area contributed by atoms with Crippen LogP contribution in [0.2, 0.25) is 10.2 Å². The zero-order valence-corrected chi connectivity index (χ0v) is 19.1. The number of nitrogens with one attached hydrogen (secondary N) is 3. The summed E-state index contributed by atoms with van der Waals surface area (Å²) in [5.41, 5.74) is 0.944. The van der Waals surface area contributed by atoms with Gasteiger partial charge in [-0.05, 0) is 32.3 Å². The molecule has 0 unspecified atom stereocenters. The van der Waals surface area contributed by atoms with E-state index in [1.54, 1.807) is 0 Å². The molecule has 1 amide bonds. The molecule has 1 aromatic heterocycles. The Bertz CT molecular complexity index is 617. The first-order valence-electron chi connectivity index (χ1n) is 8.82. The lowest BCUT2D eigenvalue weighted by molar-refractivity contribution is -0.127. The molecule has 1 aliphatic rings. The minimum absolute atomic E-state index is 0. The van der Waals surface area contributed by atoms with Crippen molar-refractivity contribution >= 4 is 59.0 Å². The van der Waals surface area contributed by atoms with Crippen LogP contribution in [0.3, 0.4) is 0 Å². The minimum atomic E-state index is 0. The Morgan fingerprint density at radius 2 is 1.96 bits per heavy atom. The summed E-state index contributed by atoms with van der Waals surface area (Å²) in [6, 6.07) is 1.83. The zero-order chi connectivity index (χ0) is 18.2. The minimum Gasteiger partial charge on any atom is -0.357 e. The number of hydrogen-bond donors (Lipinski definition) is 3. The molecule has 0 radical (unpaired) electrons. The maximum atomic E-state index is 11.8. The molecule has 9 heteroatoms. The number of aliphatic imine (C=N–C) groups is 1. The topological polar surface area (TPSA) is 70.5 Å². The molecule has 1 aliphatic carbocycles. The number of amides is 1. The number of halogens is 3. The standard InChI is InChI=1S/C17H27Cl2N5O.HI/c1-3-20-17(23-11-13-10-14(18)15(19)24(13)2)22-9-5-8-21-16(25)12-6-4-7-12;/h10,12H,3-9,11H2,1-2H3,(H,21,25)(H2,20,22,23);1H. The molecular formula is C17H28Cl2IN5O. The van der Waals surface area contributed by atoms with Gasteiger partial charge in [-0.3, -0.25) is 4.79 Å². The van der Waals surface area contributed by atoms with Crippen molar-refractivity contribution in [1.82, 2.24) is 20.5 Å². The highest BCUT2D eigenvalue weighted by Gasteiger charge is 2.24. The van der Waals surface area contributed by atoms with Crippen LogP contribution in [-0.4, -0.2) is 36.1 Å². The third kappa shape index (κ3) is 6.81. The maximum absolute atomic E-state index is 11.8. The number of rotatable bonds is 8. The van der Waals surface area contributed by atoms with Crippen molar-refractivity contribution in [3.05, 3.63) is 21.9 Å². The van der Waals surface area contributed by atoms with E-state index in [4.69, 9.17) is 23.2 Å². The molecule has 2 rings (SSSR count). The number of carbonyl (C=O) groups excluding carboxylic acids is 1. The fraction of sp³-hybridized carbons (Fsp3) is 0.647. The lowest BCUT2D eigenvalue weighted by atomic mass is 9.85. The maximum Gasteiger partial charge on any atom is 0.223 e. The van der Waals surface area contributed by atoms with Gasteiger partial charge in [0.1, 0.15) is 5.15 Å². The summed E-state index contributed by atoms with van der Waals surface area (Å²) in [5, 5.41) is 10.5. The van der Waals surface area contributed by atoms with E-state index in [0.717, 1.165) is 44.0 Å². The first-order valence-corrected chi connectivity index (χ1v) is 9.58. The smallest absolute Gasteiger partial charge is 0.223 e. The van der Waals surface area contributed by atoms with Crippen LogP contribution in [0.4, 0.5) is 0 Å². The number of hydrogen-bond acceptors (Lipinski definition) is 2. The first-order chi connectivity index (χ1) is 12.0. The van der Waals surface area contributed by atoms with Crippen LogP contribution < -0.4 is 16.0 Å². The van der Waals surface area contributed by atoms with Crippen molar-refractivity contribution in [2.45, 2.75) is 39.2 Å². The van der Waals surface area contributed by atoms with Crippen LogP contribution in [0, 0.1) is 5.92 Å². The van der Waals surface area contributed by atoms with E-state index in [-0.39, 0.29) is 35.8 Å². The molecule has 3 N–H and O–H groups in total. The van der Waals surface area contributed by atoms with E-state index in [2.05, 4.69) is 20.9 Å². The highest BCUT2D eigenvalue weighted by molar-refractivity contribution is 14.0. The fourth-order valence-electron chi connectivity index (χ4n) is 2.56. The van der Waals surface area contributed by atoms with Crippen molar-refractivity contribution < 1.29 is 4.79 Å². The number of nitrogens with zero attached hydrogens (tertiary/aromatic N) is 2. The average molecular weight is 516 g/mol. The molecule has 1 saturated carbocycles. The van der Waals surface area contributed by atoms with Gasteiger partial charge in [0.15, 0.2) is 5.96 Å². The lowest BCUT2D eigenvalue weighted by Gasteiger charge is -2.24. The van der Waals surface area contributed by atoms with Crippen LogP contribution in [0.1, 0.15) is 38.3 Å². The van der Waals surface area contributed by atoms with E-state index >= 15 is 0 Å². The molecule has 26 heavy (non-hydrogen) atoms. The van der Waals surface area contributed by atoms with Gasteiger partial charge >= 0.3 is 0 Å². The van der Waals surface area contributed by atoms with Crippen molar-refractivity contribution in [2.75, 3.05) is 19.6 Å². The number of carbonyl (C=O) groups is 1. The molecule has 1 heterocycles. The van der Waals surface area contributed by atoms with Gasteiger partial charge in [0, 0.05) is 38.3 Å². The normalized spacial score (nSPS) is 14.4. The van der Waals surface area contributed by atoms with Gasteiger partial charge in [-0.2, -0.15) is 0 Å². The zero-order valence-electron chi connectivity index (χ0n) is 15.3. The number of aromatic nitrogens is 1. The van der Waals surface area contributed by atoms with Crippen molar-refractivity contribution in [1.29, 1.82) is 0 Å². The summed E-state index contributed by atoms with van der Waals surface area (Å²) < 4.78 is 1.83. The summed E-state index contributed by atoms with van der Waals surface area (Å²) in [7, 11) is 1.87. The Hall–Kier alpha value is -0.670. The van der Waals surface area contributed by atoms with Gasteiger partial charge in [0.25, 0.3) is 0 Å². The summed E-state index contributed by atoms with van der Waals surface area (Å²) in [4.78, 5) is 16.3. The Morgan fingerprint density at radius 3 is 2.50 bits per heavy atom. The van der Waals surface area contributed by atoms with E-state index in [1.807, 2.05) is 24.6 Å². The van der Waals surface area contributed by atoms with Gasteiger partial charge in [-0.15, -0.1) is 24.0 Å². The predicted octanol–water partition coefficient (Wildman–Crippen LogP) is 3.31. The van der Waals surface area contributed by atoms with Crippen molar-refractivity contribution in [3.8, 4) is 0 Å². The van der Waals surface area contributed by atoms with Gasteiger partial charge < -0.3 is 20.5 Å². The van der Waals surface area contributed by atoms with Crippen LogP contribution >= 0.6 is 47.2 Å². The quantitative estimate of drug-likeness (QED) is 0.215. The summed E-state index contributed by atoms with van der Waals surface area (Å²) in [5.74, 6) is 1.18. The van der Waals surface area contributed by atoms with Crippen molar-refractivity contribution in [2.24, 2.45) is 18.0 Å². The monoisotopic (exact) mass is 515 g/mol. The van der Waals surface area contributed by atoms with Crippen LogP contribution in [0.5, 0.6) is 0 Å². The molecule has 1 fully saturated rings. The van der Waals surface area contributed by atoms with Crippen LogP contribution in [0.25, 0.3) is 0 Å². The average Bonchev–Trinajstić information content (AvgIpc) is 2.77. The summed E-state index contributed by atoms with van der Waals surface area (Å²) in [6.07, 6.45) is 4.10. The molecule has 148 valence electrons. The second kappa shape index (κ2) is 11.9. The molecule has 1 aromatic rings. The highest BCUT2D eigenvalue weighted by Crippen LogP contribution is 2.26. The Morgan fingerprint density at radius 1 is 1.27 bits per heavy atom. The number of guanidine groups is 1. The van der Waals surface area contributed by atoms with E-state index in [9.17, 15) is 4.79 Å². The molecule has 0 saturated heterocycles. The molecule has 0 spiro atoms. The van der Waals surface area contributed by atoms with Crippen molar-refractivity contribution in [3.63, 3.8) is 0 Å². The van der Waals surface area contributed by atoms with Gasteiger partial charge in [-0.25, -0.2) is 4.99 Å². The molecule has 0 bridgehead atoms. The SMILES string of the molecule is CCNC(=NCc1cc(Cl)c(Cl)n1C)NCCCNC(=O)C1CCC1.I. The van der Waals surface area contributed by atoms with E-state index in [0.29, 0.717) is 23.3 Å². The summed E-state index contributed by atoms with van der Waals surface area (Å²) in [6.45, 7) is 4.71. The first kappa shape index (κ1) is 23.4. The second-order valence-electron chi connectivity index (χ2n) is 6.23. The largest absolute Gasteiger partial charge is 0.357 e. The highest BCUT2D eigenvalue weighted by atomic mass is 127. The molecular weight excluding hydrogens is 488 g/mol. The molecule has 0 atom stereocenters. The Balaban J connectivity index is 0.00000338. The van der Waals surface area contributed by atoms with Gasteiger partial charge in [0.05, 0.1) is 11.6 Å². The molecule has 0 aliphatic heterocycles. The fourth-order valence-corrected chi connectivity index (χ4v) is 2.98. The molecule has 0 aromatic carbocycles. The molecule has 6 nitrogen and oxygen atoms in total. The Kier molecular flexibility index (Phi) is 10.7. The van der Waals surface area contributed by atoms with E-state index < -0.39 is 0 Å². The Labute approximate surface area is 182 Å². The third-order valence-electron chi connectivity index (χ3n) is 4.38. The van der Waals surface area contributed by atoms with Gasteiger partial charge in [-0.1, -0.05) is 29.6 Å². The van der Waals surface area contributed by atoms with Crippen LogP contribution in [0.15, 0.2) is 11.1 Å².